The molecule has 1 atom stereocenters. The van der Waals surface area contributed by atoms with E-state index in [1.807, 2.05) is 0 Å². The average molecular weight is 407 g/mol. The molecule has 0 aromatic heterocycles. The first kappa shape index (κ1) is 19.6. The first-order valence-corrected chi connectivity index (χ1v) is 8.86. The third kappa shape index (κ3) is 4.52. The molecule has 0 aliphatic rings. The van der Waals surface area contributed by atoms with Crippen molar-refractivity contribution in [2.75, 3.05) is 28.2 Å². The van der Waals surface area contributed by atoms with Crippen molar-refractivity contribution in [3.05, 3.63) is 28.2 Å². The van der Waals surface area contributed by atoms with E-state index >= 15 is 0 Å². The molecule has 1 aromatic rings. The van der Waals surface area contributed by atoms with Crippen molar-refractivity contribution >= 4 is 37.8 Å². The minimum atomic E-state index is -3.72. The van der Waals surface area contributed by atoms with Gasteiger partial charge in [0, 0.05) is 32.7 Å². The number of sulfonamides is 1. The van der Waals surface area contributed by atoms with Crippen LogP contribution >= 0.6 is 15.9 Å². The summed E-state index contributed by atoms with van der Waals surface area (Å²) in [7, 11) is 2.17. The highest BCUT2D eigenvalue weighted by atomic mass is 79.9. The van der Waals surface area contributed by atoms with Gasteiger partial charge in [0.05, 0.1) is 10.5 Å². The molecule has 0 fully saturated rings. The van der Waals surface area contributed by atoms with Gasteiger partial charge in [-0.15, -0.1) is 0 Å². The number of nitrogens with zero attached hydrogens (tertiary/aromatic N) is 2. The molecule has 0 aliphatic carbocycles. The Morgan fingerprint density at radius 1 is 1.17 bits per heavy atom. The molecular formula is C14H19BrN2O5S. The molecule has 0 radical (unpaired) electrons. The fraction of sp³-hybridized carbons (Fsp3) is 0.429. The van der Waals surface area contributed by atoms with Crippen molar-refractivity contribution in [3.63, 3.8) is 0 Å². The summed E-state index contributed by atoms with van der Waals surface area (Å²) < 4.78 is 30.9. The normalized spacial score (nSPS) is 12.8. The van der Waals surface area contributed by atoms with E-state index in [-0.39, 0.29) is 16.4 Å². The maximum absolute atomic E-state index is 12.2. The second-order valence-electron chi connectivity index (χ2n) is 5.21. The number of halogens is 1. The monoisotopic (exact) mass is 406 g/mol. The molecule has 7 nitrogen and oxygen atoms in total. The van der Waals surface area contributed by atoms with Crippen molar-refractivity contribution in [2.24, 2.45) is 0 Å². The van der Waals surface area contributed by atoms with Gasteiger partial charge in [-0.1, -0.05) is 0 Å². The molecule has 9 heteroatoms. The predicted octanol–water partition coefficient (Wildman–Crippen LogP) is 1.33. The van der Waals surface area contributed by atoms with Gasteiger partial charge in [0.1, 0.15) is 0 Å². The highest BCUT2D eigenvalue weighted by Crippen LogP contribution is 2.25. The Kier molecular flexibility index (Phi) is 6.32. The second kappa shape index (κ2) is 7.41. The summed E-state index contributed by atoms with van der Waals surface area (Å²) in [5.74, 6) is -1.13. The molecule has 0 saturated carbocycles. The zero-order valence-electron chi connectivity index (χ0n) is 13.5. The van der Waals surface area contributed by atoms with Gasteiger partial charge >= 0.3 is 5.97 Å². The molecule has 0 bridgehead atoms. The van der Waals surface area contributed by atoms with Gasteiger partial charge in [-0.2, -0.15) is 0 Å². The van der Waals surface area contributed by atoms with Gasteiger partial charge in [0.25, 0.3) is 5.91 Å². The standard InChI is InChI=1S/C14H19BrN2O5S/c1-9(13(18)16(2)3)22-14(19)10-6-7-11(15)12(8-10)23(20,21)17(4)5/h6-9H,1-5H3/t9-/m1/s1. The summed E-state index contributed by atoms with van der Waals surface area (Å²) in [5.41, 5.74) is 0.0482. The van der Waals surface area contributed by atoms with Crippen LogP contribution in [0.1, 0.15) is 17.3 Å². The van der Waals surface area contributed by atoms with Crippen LogP contribution in [-0.4, -0.2) is 63.8 Å². The van der Waals surface area contributed by atoms with Crippen LogP contribution in [0.3, 0.4) is 0 Å². The molecule has 0 spiro atoms. The Labute approximate surface area is 144 Å². The minimum Gasteiger partial charge on any atom is -0.449 e. The number of ether oxygens (including phenoxy) is 1. The van der Waals surface area contributed by atoms with E-state index in [4.69, 9.17) is 4.74 Å². The zero-order valence-corrected chi connectivity index (χ0v) is 15.9. The first-order chi connectivity index (χ1) is 10.5. The second-order valence-corrected chi connectivity index (χ2v) is 8.19. The van der Waals surface area contributed by atoms with Crippen molar-refractivity contribution in [1.29, 1.82) is 0 Å². The van der Waals surface area contributed by atoms with Crippen LogP contribution in [0, 0.1) is 0 Å². The molecule has 0 saturated heterocycles. The van der Waals surface area contributed by atoms with Crippen molar-refractivity contribution in [1.82, 2.24) is 9.21 Å². The van der Waals surface area contributed by atoms with Gasteiger partial charge in [-0.3, -0.25) is 4.79 Å². The SMILES string of the molecule is C[C@@H](OC(=O)c1ccc(Br)c(S(=O)(=O)N(C)C)c1)C(=O)N(C)C. The molecule has 0 heterocycles. The van der Waals surface area contributed by atoms with E-state index in [1.165, 1.54) is 44.1 Å². The third-order valence-corrected chi connectivity index (χ3v) is 5.81. The van der Waals surface area contributed by atoms with Gasteiger partial charge in [0.2, 0.25) is 10.0 Å². The Morgan fingerprint density at radius 2 is 1.74 bits per heavy atom. The van der Waals surface area contributed by atoms with E-state index in [1.54, 1.807) is 14.1 Å². The Bertz CT molecular complexity index is 716. The Morgan fingerprint density at radius 3 is 2.22 bits per heavy atom. The quantitative estimate of drug-likeness (QED) is 0.688. The van der Waals surface area contributed by atoms with Crippen LogP contribution in [0.25, 0.3) is 0 Å². The number of carbonyl (C=O) groups is 2. The highest BCUT2D eigenvalue weighted by molar-refractivity contribution is 9.10. The number of rotatable bonds is 5. The maximum atomic E-state index is 12.2. The first-order valence-electron chi connectivity index (χ1n) is 6.62. The number of amides is 1. The number of likely N-dealkylation sites (N-methyl/N-ethyl adjacent to an activating group) is 1. The van der Waals surface area contributed by atoms with Crippen LogP contribution in [0.15, 0.2) is 27.6 Å². The summed E-state index contributed by atoms with van der Waals surface area (Å²) in [6.45, 7) is 1.45. The molecule has 1 rings (SSSR count). The van der Waals surface area contributed by atoms with Crippen molar-refractivity contribution in [3.8, 4) is 0 Å². The third-order valence-electron chi connectivity index (χ3n) is 3.00. The van der Waals surface area contributed by atoms with Gasteiger partial charge in [0.15, 0.2) is 6.10 Å². The molecule has 1 aromatic carbocycles. The van der Waals surface area contributed by atoms with E-state index in [0.29, 0.717) is 4.47 Å². The predicted molar refractivity (Wildman–Crippen MR) is 88.6 cm³/mol. The lowest BCUT2D eigenvalue weighted by molar-refractivity contribution is -0.137. The number of esters is 1. The van der Waals surface area contributed by atoms with Crippen molar-refractivity contribution in [2.45, 2.75) is 17.9 Å². The van der Waals surface area contributed by atoms with E-state index in [2.05, 4.69) is 15.9 Å². The van der Waals surface area contributed by atoms with Gasteiger partial charge < -0.3 is 9.64 Å². The molecular weight excluding hydrogens is 388 g/mol. The fourth-order valence-electron chi connectivity index (χ4n) is 1.67. The molecule has 23 heavy (non-hydrogen) atoms. The number of carbonyl (C=O) groups excluding carboxylic acids is 2. The molecule has 1 amide bonds. The lowest BCUT2D eigenvalue weighted by Gasteiger charge is -2.18. The van der Waals surface area contributed by atoms with Crippen LogP contribution in [0.4, 0.5) is 0 Å². The van der Waals surface area contributed by atoms with Gasteiger partial charge in [-0.25, -0.2) is 17.5 Å². The smallest absolute Gasteiger partial charge is 0.338 e. The summed E-state index contributed by atoms with van der Waals surface area (Å²) in [6.07, 6.45) is -0.963. The maximum Gasteiger partial charge on any atom is 0.338 e. The van der Waals surface area contributed by atoms with Crippen LogP contribution in [0.5, 0.6) is 0 Å². The highest BCUT2D eigenvalue weighted by Gasteiger charge is 2.24. The lowest BCUT2D eigenvalue weighted by atomic mass is 10.2. The topological polar surface area (TPSA) is 84.0 Å². The summed E-state index contributed by atoms with van der Waals surface area (Å²) >= 11 is 3.16. The molecule has 0 aliphatic heterocycles. The summed E-state index contributed by atoms with van der Waals surface area (Å²) in [4.78, 5) is 25.1. The summed E-state index contributed by atoms with van der Waals surface area (Å²) in [5, 5.41) is 0. The average Bonchev–Trinajstić information content (AvgIpc) is 2.45. The van der Waals surface area contributed by atoms with Crippen molar-refractivity contribution < 1.29 is 22.7 Å². The molecule has 0 unspecified atom stereocenters. The van der Waals surface area contributed by atoms with E-state index in [0.717, 1.165) is 4.31 Å². The number of benzene rings is 1. The van der Waals surface area contributed by atoms with E-state index in [9.17, 15) is 18.0 Å². The number of hydrogen-bond acceptors (Lipinski definition) is 5. The Hall–Kier alpha value is -1.45. The molecule has 0 N–H and O–H groups in total. The number of hydrogen-bond donors (Lipinski definition) is 0. The molecule has 128 valence electrons. The van der Waals surface area contributed by atoms with E-state index < -0.39 is 22.1 Å². The lowest BCUT2D eigenvalue weighted by Crippen LogP contribution is -2.35. The Balaban J connectivity index is 3.12. The minimum absolute atomic E-state index is 0.0482. The van der Waals surface area contributed by atoms with Gasteiger partial charge in [-0.05, 0) is 41.1 Å². The van der Waals surface area contributed by atoms with Crippen LogP contribution in [-0.2, 0) is 19.6 Å². The summed E-state index contributed by atoms with van der Waals surface area (Å²) in [6, 6.07) is 4.09. The zero-order chi connectivity index (χ0) is 17.9. The largest absolute Gasteiger partial charge is 0.449 e. The van der Waals surface area contributed by atoms with Crippen LogP contribution in [0.2, 0.25) is 0 Å². The van der Waals surface area contributed by atoms with Crippen LogP contribution < -0.4 is 0 Å². The fourth-order valence-corrected chi connectivity index (χ4v) is 3.51.